The Bertz CT molecular complexity index is 1130. The van der Waals surface area contributed by atoms with Crippen molar-refractivity contribution in [2.24, 2.45) is 0 Å². The van der Waals surface area contributed by atoms with Crippen LogP contribution < -0.4 is 20.1 Å². The number of likely N-dealkylation sites (N-methyl/N-ethyl adjacent to an activating group) is 1. The predicted octanol–water partition coefficient (Wildman–Crippen LogP) is 1.75. The van der Waals surface area contributed by atoms with E-state index in [0.717, 1.165) is 0 Å². The van der Waals surface area contributed by atoms with Crippen LogP contribution >= 0.6 is 0 Å². The Morgan fingerprint density at radius 2 is 2.20 bits per heavy atom. The number of hydrogen-bond donors (Lipinski definition) is 2. The van der Waals surface area contributed by atoms with Gasteiger partial charge in [0.2, 0.25) is 17.7 Å². The highest BCUT2D eigenvalue weighted by Gasteiger charge is 2.28. The molecule has 2 amide bonds. The number of hydrogen-bond acceptors (Lipinski definition) is 9. The van der Waals surface area contributed by atoms with Crippen LogP contribution in [-0.2, 0) is 4.79 Å². The van der Waals surface area contributed by atoms with Crippen LogP contribution in [0.4, 0.5) is 11.6 Å². The molecule has 1 aliphatic rings. The van der Waals surface area contributed by atoms with Crippen molar-refractivity contribution in [3.05, 3.63) is 48.2 Å². The number of nitriles is 1. The predicted molar refractivity (Wildman–Crippen MR) is 131 cm³/mol. The molecule has 1 aromatic heterocycles. The molecule has 1 aliphatic heterocycles. The number of nitrogens with zero attached hydrogens (tertiary/aromatic N) is 5. The Hall–Kier alpha value is -4.17. The van der Waals surface area contributed by atoms with Gasteiger partial charge in [0.25, 0.3) is 5.91 Å². The molecule has 0 unspecified atom stereocenters. The van der Waals surface area contributed by atoms with Gasteiger partial charge in [-0.15, -0.1) is 0 Å². The number of rotatable bonds is 10. The maximum atomic E-state index is 13.2. The van der Waals surface area contributed by atoms with E-state index in [2.05, 4.69) is 27.2 Å². The lowest BCUT2D eigenvalue weighted by Gasteiger charge is -2.19. The fraction of sp³-hybridized carbons (Fsp3) is 0.375. The topological polar surface area (TPSA) is 133 Å². The molecular weight excluding hydrogens is 450 g/mol. The van der Waals surface area contributed by atoms with Crippen LogP contribution in [-0.4, -0.2) is 85.1 Å². The summed E-state index contributed by atoms with van der Waals surface area (Å²) in [7, 11) is 5.30. The van der Waals surface area contributed by atoms with Crippen molar-refractivity contribution in [1.29, 1.82) is 5.26 Å². The molecule has 0 radical (unpaired) electrons. The first-order chi connectivity index (χ1) is 16.8. The summed E-state index contributed by atoms with van der Waals surface area (Å²) in [5.41, 5.74) is 1.18. The van der Waals surface area contributed by atoms with Crippen LogP contribution in [0.25, 0.3) is 0 Å². The number of aromatic nitrogens is 2. The van der Waals surface area contributed by atoms with E-state index in [1.54, 1.807) is 23.1 Å². The summed E-state index contributed by atoms with van der Waals surface area (Å²) < 4.78 is 11.0. The van der Waals surface area contributed by atoms with Crippen molar-refractivity contribution in [3.63, 3.8) is 0 Å². The zero-order valence-corrected chi connectivity index (χ0v) is 20.1. The van der Waals surface area contributed by atoms with Gasteiger partial charge in [-0.25, -0.2) is 4.98 Å². The number of carbonyl (C=O) groups is 2. The smallest absolute Gasteiger partial charge is 0.254 e. The van der Waals surface area contributed by atoms with Crippen molar-refractivity contribution in [1.82, 2.24) is 19.8 Å². The Balaban J connectivity index is 1.69. The van der Waals surface area contributed by atoms with Crippen LogP contribution in [0.3, 0.4) is 0 Å². The van der Waals surface area contributed by atoms with Crippen LogP contribution in [0.5, 0.6) is 11.6 Å². The molecule has 0 spiro atoms. The molecule has 2 aromatic rings. The van der Waals surface area contributed by atoms with Gasteiger partial charge in [-0.1, -0.05) is 6.58 Å². The number of nitrogens with one attached hydrogen (secondary N) is 2. The largest absolute Gasteiger partial charge is 0.490 e. The van der Waals surface area contributed by atoms with Gasteiger partial charge in [0, 0.05) is 31.2 Å². The SMILES string of the molecule is C=CC(=O)Nc1ccc(C(=O)N2CC[C@@H](Nc3ncc(C#N)c(OC)n3)C2)cc1OCCN(C)C. The number of anilines is 2. The molecule has 11 heteroatoms. The molecule has 184 valence electrons. The van der Waals surface area contributed by atoms with Crippen molar-refractivity contribution < 1.29 is 19.1 Å². The summed E-state index contributed by atoms with van der Waals surface area (Å²) in [6, 6.07) is 6.88. The quantitative estimate of drug-likeness (QED) is 0.489. The minimum Gasteiger partial charge on any atom is -0.490 e. The van der Waals surface area contributed by atoms with Gasteiger partial charge in [0.15, 0.2) is 0 Å². The third-order valence-corrected chi connectivity index (χ3v) is 5.34. The average Bonchev–Trinajstić information content (AvgIpc) is 3.32. The van der Waals surface area contributed by atoms with Gasteiger partial charge in [-0.05, 0) is 44.8 Å². The molecule has 0 saturated carbocycles. The molecule has 0 aliphatic carbocycles. The lowest BCUT2D eigenvalue weighted by molar-refractivity contribution is -0.111. The second kappa shape index (κ2) is 11.8. The van der Waals surface area contributed by atoms with Crippen LogP contribution in [0.2, 0.25) is 0 Å². The van der Waals surface area contributed by atoms with Crippen LogP contribution in [0.1, 0.15) is 22.3 Å². The number of carbonyl (C=O) groups excluding carboxylic acids is 2. The first-order valence-electron chi connectivity index (χ1n) is 11.1. The van der Waals surface area contributed by atoms with E-state index in [9.17, 15) is 9.59 Å². The molecule has 1 saturated heterocycles. The molecular formula is C24H29N7O4. The van der Waals surface area contributed by atoms with Gasteiger partial charge in [0.1, 0.15) is 24.0 Å². The fourth-order valence-corrected chi connectivity index (χ4v) is 3.50. The average molecular weight is 480 g/mol. The second-order valence-corrected chi connectivity index (χ2v) is 8.17. The standard InChI is InChI=1S/C24H29N7O4/c1-5-21(32)28-19-7-6-16(12-20(19)35-11-10-30(2)3)23(33)31-9-8-18(15-31)27-24-26-14-17(13-25)22(29-24)34-4/h5-7,12,14,18H,1,8-11,15H2,2-4H3,(H,28,32)(H,26,27,29)/t18-/m1/s1. The van der Waals surface area contributed by atoms with E-state index in [1.165, 1.54) is 19.4 Å². The van der Waals surface area contributed by atoms with Gasteiger partial charge >= 0.3 is 0 Å². The summed E-state index contributed by atoms with van der Waals surface area (Å²) >= 11 is 0. The minimum absolute atomic E-state index is 0.0569. The van der Waals surface area contributed by atoms with E-state index in [0.29, 0.717) is 55.6 Å². The molecule has 35 heavy (non-hydrogen) atoms. The molecule has 2 heterocycles. The summed E-state index contributed by atoms with van der Waals surface area (Å²) in [5, 5.41) is 15.0. The van der Waals surface area contributed by atoms with Crippen molar-refractivity contribution in [3.8, 4) is 17.7 Å². The van der Waals surface area contributed by atoms with Gasteiger partial charge in [-0.2, -0.15) is 10.2 Å². The highest BCUT2D eigenvalue weighted by Crippen LogP contribution is 2.28. The first kappa shape index (κ1) is 25.5. The lowest BCUT2D eigenvalue weighted by atomic mass is 10.1. The molecule has 2 N–H and O–H groups in total. The molecule has 1 aromatic carbocycles. The Labute approximate surface area is 204 Å². The van der Waals surface area contributed by atoms with Crippen molar-refractivity contribution in [2.45, 2.75) is 12.5 Å². The third kappa shape index (κ3) is 6.68. The maximum Gasteiger partial charge on any atom is 0.254 e. The molecule has 3 rings (SSSR count). The highest BCUT2D eigenvalue weighted by molar-refractivity contribution is 6.01. The van der Waals surface area contributed by atoms with Crippen molar-refractivity contribution in [2.75, 3.05) is 58.1 Å². The number of methoxy groups -OCH3 is 1. The number of amides is 2. The normalized spacial score (nSPS) is 14.8. The summed E-state index contributed by atoms with van der Waals surface area (Å²) in [6.07, 6.45) is 3.28. The number of likely N-dealkylation sites (tertiary alicyclic amines) is 1. The summed E-state index contributed by atoms with van der Waals surface area (Å²) in [5.74, 6) is 0.434. The molecule has 1 atom stereocenters. The maximum absolute atomic E-state index is 13.2. The summed E-state index contributed by atoms with van der Waals surface area (Å²) in [4.78, 5) is 37.1. The van der Waals surface area contributed by atoms with E-state index >= 15 is 0 Å². The zero-order valence-electron chi connectivity index (χ0n) is 20.1. The number of benzene rings is 1. The molecule has 11 nitrogen and oxygen atoms in total. The lowest BCUT2D eigenvalue weighted by Crippen LogP contribution is -2.32. The zero-order chi connectivity index (χ0) is 25.4. The van der Waals surface area contributed by atoms with E-state index in [1.807, 2.05) is 25.1 Å². The van der Waals surface area contributed by atoms with Crippen LogP contribution in [0.15, 0.2) is 37.1 Å². The van der Waals surface area contributed by atoms with Gasteiger partial charge in [-0.3, -0.25) is 9.59 Å². The first-order valence-corrected chi connectivity index (χ1v) is 11.1. The third-order valence-electron chi connectivity index (χ3n) is 5.34. The highest BCUT2D eigenvalue weighted by atomic mass is 16.5. The Morgan fingerprint density at radius 1 is 1.40 bits per heavy atom. The van der Waals surface area contributed by atoms with Gasteiger partial charge in [0.05, 0.1) is 19.0 Å². The summed E-state index contributed by atoms with van der Waals surface area (Å²) in [6.45, 7) is 5.54. The fourth-order valence-electron chi connectivity index (χ4n) is 3.50. The number of ether oxygens (including phenoxy) is 2. The second-order valence-electron chi connectivity index (χ2n) is 8.17. The van der Waals surface area contributed by atoms with E-state index in [4.69, 9.17) is 14.7 Å². The van der Waals surface area contributed by atoms with Crippen LogP contribution in [0, 0.1) is 11.3 Å². The van der Waals surface area contributed by atoms with Crippen molar-refractivity contribution >= 4 is 23.5 Å². The van der Waals surface area contributed by atoms with E-state index in [-0.39, 0.29) is 29.3 Å². The molecule has 0 bridgehead atoms. The Morgan fingerprint density at radius 3 is 2.89 bits per heavy atom. The Kier molecular flexibility index (Phi) is 8.58. The monoisotopic (exact) mass is 479 g/mol. The molecule has 1 fully saturated rings. The van der Waals surface area contributed by atoms with E-state index < -0.39 is 0 Å². The van der Waals surface area contributed by atoms with Gasteiger partial charge < -0.3 is 29.9 Å². The minimum atomic E-state index is -0.364.